The van der Waals surface area contributed by atoms with Crippen LogP contribution in [0.25, 0.3) is 0 Å². The Bertz CT molecular complexity index is 2370. The second-order valence-electron chi connectivity index (χ2n) is 21.3. The lowest BCUT2D eigenvalue weighted by atomic mass is 9.89. The summed E-state index contributed by atoms with van der Waals surface area (Å²) in [5.41, 5.74) is 0.743. The number of imide groups is 2. The number of carboxylic acids is 1. The molecule has 3 aliphatic heterocycles. The summed E-state index contributed by atoms with van der Waals surface area (Å²) in [7, 11) is 3.96. The first kappa shape index (κ1) is 64.4. The van der Waals surface area contributed by atoms with Gasteiger partial charge in [-0.2, -0.15) is 0 Å². The zero-order chi connectivity index (χ0) is 58.3. The van der Waals surface area contributed by atoms with Gasteiger partial charge >= 0.3 is 5.97 Å². The second-order valence-corrected chi connectivity index (χ2v) is 24.6. The van der Waals surface area contributed by atoms with E-state index in [0.717, 1.165) is 39.7 Å². The van der Waals surface area contributed by atoms with Gasteiger partial charge in [0.1, 0.15) is 18.1 Å². The quantitative estimate of drug-likeness (QED) is 0.0713. The minimum Gasteiger partial charge on any atom is -0.480 e. The number of carbonyl (C=O) groups is 10. The maximum atomic E-state index is 14.8. The molecule has 0 spiro atoms. The standard InChI is InChI=1S/C55H83N8O14P/c1-13-36(6)50(41(76-11)33-47(69)61-26-17-20-40(61)51(77-12)37(7)52(70)56-39(55(73)74)32-38-18-15-14-16-19-38)60(10)54(72)48(34(2)3)57-53(71)49(35(4)5)59(9)42(64)25-27-58(8)78(75,30-28-62-43(65)21-22-44(62)66)31-29-63-45(67)23-24-46(63)68/h14-16,18-19,21-24,34-37,39-41,48-51H,13,17,20,25-33H2,1-12H3,(H,56,70)(H,57,71)(H,73,74)/t36-,37+,39-,40-,41+,48-,49-,50-,51+/m0/s1. The fourth-order valence-electron chi connectivity index (χ4n) is 10.6. The lowest BCUT2D eigenvalue weighted by Crippen LogP contribution is -2.60. The largest absolute Gasteiger partial charge is 0.480 e. The third-order valence-corrected chi connectivity index (χ3v) is 18.8. The summed E-state index contributed by atoms with van der Waals surface area (Å²) >= 11 is 0. The van der Waals surface area contributed by atoms with E-state index in [4.69, 9.17) is 9.47 Å². The Morgan fingerprint density at radius 1 is 0.769 bits per heavy atom. The summed E-state index contributed by atoms with van der Waals surface area (Å²) in [6.45, 7) is 12.5. The lowest BCUT2D eigenvalue weighted by molar-refractivity contribution is -0.149. The number of carboxylic acid groups (broad SMARTS) is 1. The number of hydrogen-bond acceptors (Lipinski definition) is 13. The van der Waals surface area contributed by atoms with Crippen LogP contribution in [0.15, 0.2) is 54.6 Å². The van der Waals surface area contributed by atoms with Crippen LogP contribution < -0.4 is 10.6 Å². The molecule has 9 amide bonds. The topological polar surface area (TPSA) is 270 Å². The Hall–Kier alpha value is -6.09. The highest BCUT2D eigenvalue weighted by Crippen LogP contribution is 2.48. The predicted molar refractivity (Wildman–Crippen MR) is 290 cm³/mol. The third kappa shape index (κ3) is 16.3. The van der Waals surface area contributed by atoms with E-state index in [2.05, 4.69) is 10.6 Å². The number of methoxy groups -OCH3 is 2. The van der Waals surface area contributed by atoms with Gasteiger partial charge in [0.2, 0.25) is 29.5 Å². The molecule has 0 bridgehead atoms. The van der Waals surface area contributed by atoms with Crippen molar-refractivity contribution in [2.45, 2.75) is 129 Å². The van der Waals surface area contributed by atoms with E-state index in [0.29, 0.717) is 25.8 Å². The molecule has 3 N–H and O–H groups in total. The minimum atomic E-state index is -3.56. The Morgan fingerprint density at radius 3 is 1.79 bits per heavy atom. The van der Waals surface area contributed by atoms with Gasteiger partial charge in [0.05, 0.1) is 36.6 Å². The molecule has 9 atom stereocenters. The summed E-state index contributed by atoms with van der Waals surface area (Å²) < 4.78 is 28.1. The SMILES string of the molecule is CC[C@H](C)[C@@H]([C@@H](CC(=O)N1CCC[C@H]1[C@H](OC)[C@@H](C)C(=O)N[C@@H](Cc1ccccc1)C(=O)O)OC)N(C)C(=O)[C@@H](NC(=O)[C@H](C(C)C)N(C)C(=O)CCN(C)P(=O)(CCN1C(=O)C=CC1=O)CCN1C(=O)C=CC1=O)C(C)C. The van der Waals surface area contributed by atoms with E-state index in [1.165, 1.54) is 42.8 Å². The molecular weight excluding hydrogens is 1030 g/mol. The molecule has 23 heteroatoms. The van der Waals surface area contributed by atoms with Crippen molar-refractivity contribution in [1.82, 2.24) is 39.8 Å². The zero-order valence-corrected chi connectivity index (χ0v) is 48.3. The predicted octanol–water partition coefficient (Wildman–Crippen LogP) is 2.79. The van der Waals surface area contributed by atoms with Gasteiger partial charge < -0.3 is 44.5 Å². The van der Waals surface area contributed by atoms with Crippen molar-refractivity contribution in [3.63, 3.8) is 0 Å². The molecule has 78 heavy (non-hydrogen) atoms. The number of rotatable bonds is 31. The fraction of sp³-hybridized carbons (Fsp3) is 0.636. The van der Waals surface area contributed by atoms with E-state index in [1.54, 1.807) is 70.8 Å². The van der Waals surface area contributed by atoms with Crippen LogP contribution in [0.3, 0.4) is 0 Å². The molecule has 0 unspecified atom stereocenters. The summed E-state index contributed by atoms with van der Waals surface area (Å²) in [5.74, 6) is -7.70. The fourth-order valence-corrected chi connectivity index (χ4v) is 13.0. The Labute approximate surface area is 459 Å². The molecular formula is C55H83N8O14P. The van der Waals surface area contributed by atoms with Crippen LogP contribution in [0.5, 0.6) is 0 Å². The number of likely N-dealkylation sites (N-methyl/N-ethyl adjacent to an activating group) is 2. The van der Waals surface area contributed by atoms with Crippen molar-refractivity contribution in [1.29, 1.82) is 0 Å². The average Bonchev–Trinajstić information content (AvgIpc) is 4.11. The number of hydrogen-bond donors (Lipinski definition) is 3. The third-order valence-electron chi connectivity index (χ3n) is 15.5. The van der Waals surface area contributed by atoms with Crippen LogP contribution in [0, 0.1) is 23.7 Å². The van der Waals surface area contributed by atoms with Crippen molar-refractivity contribution in [2.75, 3.05) is 73.9 Å². The van der Waals surface area contributed by atoms with Gasteiger partial charge in [-0.25, -0.2) is 4.79 Å². The molecule has 1 aromatic carbocycles. The highest BCUT2D eigenvalue weighted by Gasteiger charge is 2.44. The van der Waals surface area contributed by atoms with E-state index in [9.17, 15) is 57.6 Å². The van der Waals surface area contributed by atoms with Crippen LogP contribution in [-0.4, -0.2) is 210 Å². The zero-order valence-electron chi connectivity index (χ0n) is 47.4. The first-order valence-electron chi connectivity index (χ1n) is 26.8. The maximum Gasteiger partial charge on any atom is 0.326 e. The highest BCUT2D eigenvalue weighted by molar-refractivity contribution is 7.61. The van der Waals surface area contributed by atoms with Gasteiger partial charge in [-0.15, -0.1) is 0 Å². The second kappa shape index (κ2) is 29.2. The molecule has 22 nitrogen and oxygen atoms in total. The average molecular weight is 1110 g/mol. The van der Waals surface area contributed by atoms with Gasteiger partial charge in [-0.05, 0) is 43.2 Å². The van der Waals surface area contributed by atoms with Crippen molar-refractivity contribution in [3.05, 3.63) is 60.2 Å². The molecule has 3 heterocycles. The van der Waals surface area contributed by atoms with Gasteiger partial charge in [0.15, 0.2) is 7.29 Å². The van der Waals surface area contributed by atoms with Crippen molar-refractivity contribution < 1.29 is 67.1 Å². The maximum absolute atomic E-state index is 14.8. The summed E-state index contributed by atoms with van der Waals surface area (Å²) in [6, 6.07) is 4.46. The Morgan fingerprint density at radius 2 is 1.32 bits per heavy atom. The van der Waals surface area contributed by atoms with Crippen LogP contribution in [0.4, 0.5) is 0 Å². The molecule has 1 saturated heterocycles. The highest BCUT2D eigenvalue weighted by atomic mass is 31.2. The summed E-state index contributed by atoms with van der Waals surface area (Å²) in [6.07, 6.45) is 3.99. The number of benzene rings is 1. The van der Waals surface area contributed by atoms with Crippen molar-refractivity contribution in [3.8, 4) is 0 Å². The number of ether oxygens (including phenoxy) is 2. The first-order chi connectivity index (χ1) is 36.7. The molecule has 4 rings (SSSR count). The number of nitrogens with one attached hydrogen (secondary N) is 2. The summed E-state index contributed by atoms with van der Waals surface area (Å²) in [5, 5.41) is 15.6. The molecule has 0 saturated carbocycles. The number of nitrogens with zero attached hydrogens (tertiary/aromatic N) is 6. The van der Waals surface area contributed by atoms with E-state index in [-0.39, 0.29) is 63.0 Å². The van der Waals surface area contributed by atoms with Gasteiger partial charge in [0.25, 0.3) is 23.6 Å². The van der Waals surface area contributed by atoms with E-state index in [1.807, 2.05) is 19.9 Å². The van der Waals surface area contributed by atoms with E-state index < -0.39 is 121 Å². The van der Waals surface area contributed by atoms with Crippen LogP contribution in [-0.2, 0) is 68.4 Å². The van der Waals surface area contributed by atoms with Crippen LogP contribution in [0.2, 0.25) is 0 Å². The lowest BCUT2D eigenvalue weighted by Gasteiger charge is -2.41. The molecule has 3 aliphatic rings. The number of carbonyl (C=O) groups excluding carboxylic acids is 9. The van der Waals surface area contributed by atoms with Crippen molar-refractivity contribution >= 4 is 66.4 Å². The smallest absolute Gasteiger partial charge is 0.326 e. The Balaban J connectivity index is 1.46. The number of aliphatic carboxylic acids is 1. The first-order valence-corrected chi connectivity index (χ1v) is 28.9. The molecule has 0 aliphatic carbocycles. The van der Waals surface area contributed by atoms with Crippen LogP contribution >= 0.6 is 7.29 Å². The molecule has 0 aromatic heterocycles. The minimum absolute atomic E-state index is 0.0790. The number of likely N-dealkylation sites (tertiary alicyclic amines) is 1. The van der Waals surface area contributed by atoms with Gasteiger partial charge in [-0.1, -0.05) is 85.2 Å². The molecule has 1 fully saturated rings. The molecule has 0 radical (unpaired) electrons. The summed E-state index contributed by atoms with van der Waals surface area (Å²) in [4.78, 5) is 139. The molecule has 432 valence electrons. The van der Waals surface area contributed by atoms with Crippen molar-refractivity contribution in [2.24, 2.45) is 23.7 Å². The van der Waals surface area contributed by atoms with E-state index >= 15 is 0 Å². The molecule has 1 aromatic rings. The Kier molecular flexibility index (Phi) is 24.1. The van der Waals surface area contributed by atoms with Gasteiger partial charge in [-0.3, -0.25) is 57.6 Å². The van der Waals surface area contributed by atoms with Gasteiger partial charge in [0, 0.05) is 104 Å². The number of amides is 9. The normalized spacial score (nSPS) is 18.8. The monoisotopic (exact) mass is 1110 g/mol. The van der Waals surface area contributed by atoms with Crippen LogP contribution in [0.1, 0.15) is 86.1 Å².